The highest BCUT2D eigenvalue weighted by atomic mass is 127. The summed E-state index contributed by atoms with van der Waals surface area (Å²) in [6.45, 7) is 5.88. The SMILES string of the molecule is Cc1ccc(-c2ccc(OCCCNC(=O)CCN(C)C3CC(C)OC(CI)C3)cc2)c[n+]1O. The largest absolute Gasteiger partial charge is 0.494 e. The number of pyridine rings is 1. The lowest BCUT2D eigenvalue weighted by Gasteiger charge is -2.38. The standard InChI is InChI=1S/C26H36IN3O4/c1-19-5-6-22(18-30(19)32)21-7-9-24(10-8-21)33-14-4-12-28-26(31)11-13-29(3)23-15-20(2)34-25(16-23)17-27/h5-10,18,20,23,25H,4,11-17H2,1-3H3,(H-,28,31,32)/p+1. The van der Waals surface area contributed by atoms with Crippen molar-refractivity contribution >= 4 is 28.5 Å². The fourth-order valence-corrected chi connectivity index (χ4v) is 4.77. The Morgan fingerprint density at radius 1 is 1.24 bits per heavy atom. The van der Waals surface area contributed by atoms with Crippen LogP contribution in [0, 0.1) is 6.92 Å². The molecule has 0 spiro atoms. The van der Waals surface area contributed by atoms with E-state index in [0.717, 1.165) is 57.5 Å². The molecule has 1 fully saturated rings. The zero-order valence-electron chi connectivity index (χ0n) is 20.4. The Morgan fingerprint density at radius 2 is 1.97 bits per heavy atom. The Bertz CT molecular complexity index is 925. The maximum absolute atomic E-state index is 12.2. The first-order valence-corrected chi connectivity index (χ1v) is 13.5. The fraction of sp³-hybridized carbons (Fsp3) is 0.538. The van der Waals surface area contributed by atoms with E-state index in [2.05, 4.69) is 46.8 Å². The number of alkyl halides is 1. The Hall–Kier alpha value is -1.91. The van der Waals surface area contributed by atoms with E-state index in [9.17, 15) is 10.0 Å². The van der Waals surface area contributed by atoms with E-state index in [1.54, 1.807) is 6.20 Å². The minimum Gasteiger partial charge on any atom is -0.494 e. The third kappa shape index (κ3) is 8.09. The molecule has 1 saturated heterocycles. The molecule has 0 radical (unpaired) electrons. The van der Waals surface area contributed by atoms with Crippen LogP contribution in [0.25, 0.3) is 11.1 Å². The van der Waals surface area contributed by atoms with Crippen molar-refractivity contribution < 1.29 is 24.2 Å². The molecule has 3 rings (SSSR count). The second kappa shape index (κ2) is 13.3. The molecule has 34 heavy (non-hydrogen) atoms. The smallest absolute Gasteiger partial charge is 0.231 e. The van der Waals surface area contributed by atoms with Gasteiger partial charge in [0.2, 0.25) is 17.8 Å². The van der Waals surface area contributed by atoms with Gasteiger partial charge < -0.3 is 19.7 Å². The highest BCUT2D eigenvalue weighted by Gasteiger charge is 2.29. The van der Waals surface area contributed by atoms with Crippen molar-refractivity contribution in [3.05, 3.63) is 48.3 Å². The van der Waals surface area contributed by atoms with Crippen molar-refractivity contribution in [2.45, 2.75) is 57.8 Å². The zero-order valence-corrected chi connectivity index (χ0v) is 22.5. The number of rotatable bonds is 11. The molecule has 1 aliphatic heterocycles. The Labute approximate surface area is 216 Å². The molecule has 2 aromatic rings. The van der Waals surface area contributed by atoms with Crippen LogP contribution in [0.15, 0.2) is 42.6 Å². The summed E-state index contributed by atoms with van der Waals surface area (Å²) in [5, 5.41) is 12.8. The van der Waals surface area contributed by atoms with E-state index >= 15 is 0 Å². The molecule has 186 valence electrons. The second-order valence-corrected chi connectivity index (χ2v) is 9.94. The number of aromatic nitrogens is 1. The first kappa shape index (κ1) is 26.7. The summed E-state index contributed by atoms with van der Waals surface area (Å²) in [5.74, 6) is 0.872. The van der Waals surface area contributed by atoms with Gasteiger partial charge in [-0.15, -0.1) is 0 Å². The zero-order chi connectivity index (χ0) is 24.5. The minimum absolute atomic E-state index is 0.0842. The fourth-order valence-electron chi connectivity index (χ4n) is 4.20. The van der Waals surface area contributed by atoms with Gasteiger partial charge in [0.05, 0.1) is 24.4 Å². The van der Waals surface area contributed by atoms with Crippen LogP contribution in [-0.4, -0.2) is 65.4 Å². The first-order valence-electron chi connectivity index (χ1n) is 12.0. The van der Waals surface area contributed by atoms with Crippen LogP contribution in [0.3, 0.4) is 0 Å². The Balaban J connectivity index is 1.31. The molecule has 1 aromatic heterocycles. The van der Waals surface area contributed by atoms with Crippen molar-refractivity contribution in [1.82, 2.24) is 10.2 Å². The van der Waals surface area contributed by atoms with Gasteiger partial charge in [-0.05, 0) is 57.0 Å². The van der Waals surface area contributed by atoms with Crippen LogP contribution >= 0.6 is 22.6 Å². The summed E-state index contributed by atoms with van der Waals surface area (Å²) in [6.07, 6.45) is 5.61. The quantitative estimate of drug-likeness (QED) is 0.139. The number of halogens is 1. The number of benzene rings is 1. The topological polar surface area (TPSA) is 74.9 Å². The van der Waals surface area contributed by atoms with Crippen LogP contribution in [0.2, 0.25) is 0 Å². The van der Waals surface area contributed by atoms with Crippen molar-refractivity contribution in [2.24, 2.45) is 0 Å². The molecule has 0 aliphatic carbocycles. The van der Waals surface area contributed by atoms with Gasteiger partial charge in [0.1, 0.15) is 5.75 Å². The average molecular weight is 583 g/mol. The molecule has 3 unspecified atom stereocenters. The summed E-state index contributed by atoms with van der Waals surface area (Å²) < 4.78 is 13.9. The maximum Gasteiger partial charge on any atom is 0.231 e. The molecule has 7 nitrogen and oxygen atoms in total. The van der Waals surface area contributed by atoms with Crippen LogP contribution in [0.5, 0.6) is 5.75 Å². The number of ether oxygens (including phenoxy) is 2. The number of hydrogen-bond donors (Lipinski definition) is 2. The summed E-state index contributed by atoms with van der Waals surface area (Å²) in [6, 6.07) is 12.1. The van der Waals surface area contributed by atoms with E-state index in [1.807, 2.05) is 43.3 Å². The first-order chi connectivity index (χ1) is 16.4. The summed E-state index contributed by atoms with van der Waals surface area (Å²) in [5.41, 5.74) is 2.72. The molecule has 1 aliphatic rings. The Morgan fingerprint density at radius 3 is 2.68 bits per heavy atom. The van der Waals surface area contributed by atoms with Gasteiger partial charge in [-0.3, -0.25) is 10.0 Å². The third-order valence-corrected chi connectivity index (χ3v) is 7.26. The average Bonchev–Trinajstić information content (AvgIpc) is 2.84. The number of amides is 1. The molecule has 1 amide bonds. The predicted octanol–water partition coefficient (Wildman–Crippen LogP) is 3.76. The van der Waals surface area contributed by atoms with Crippen molar-refractivity contribution in [1.29, 1.82) is 0 Å². The van der Waals surface area contributed by atoms with E-state index in [-0.39, 0.29) is 12.0 Å². The maximum atomic E-state index is 12.2. The molecule has 0 bridgehead atoms. The second-order valence-electron chi connectivity index (χ2n) is 9.06. The third-order valence-electron chi connectivity index (χ3n) is 6.28. The number of hydrogen-bond acceptors (Lipinski definition) is 5. The number of aryl methyl sites for hydroxylation is 1. The highest BCUT2D eigenvalue weighted by Crippen LogP contribution is 2.24. The molecule has 3 atom stereocenters. The lowest BCUT2D eigenvalue weighted by atomic mass is 9.98. The Kier molecular flexibility index (Phi) is 10.4. The van der Waals surface area contributed by atoms with Gasteiger partial charge >= 0.3 is 0 Å². The summed E-state index contributed by atoms with van der Waals surface area (Å²) in [4.78, 5) is 14.5. The summed E-state index contributed by atoms with van der Waals surface area (Å²) in [7, 11) is 2.11. The molecule has 1 aromatic carbocycles. The molecule has 0 saturated carbocycles. The van der Waals surface area contributed by atoms with E-state index in [4.69, 9.17) is 9.47 Å². The monoisotopic (exact) mass is 582 g/mol. The van der Waals surface area contributed by atoms with Crippen LogP contribution in [-0.2, 0) is 9.53 Å². The molecular weight excluding hydrogens is 545 g/mol. The molecular formula is C26H37IN3O4+. The molecule has 8 heteroatoms. The van der Waals surface area contributed by atoms with Gasteiger partial charge in [-0.25, -0.2) is 0 Å². The number of carbonyl (C=O) groups excluding carboxylic acids is 1. The van der Waals surface area contributed by atoms with E-state index < -0.39 is 0 Å². The number of carbonyl (C=O) groups is 1. The number of nitrogens with zero attached hydrogens (tertiary/aromatic N) is 2. The normalized spacial score (nSPS) is 20.3. The van der Waals surface area contributed by atoms with Gasteiger partial charge in [0.15, 0.2) is 0 Å². The van der Waals surface area contributed by atoms with Crippen LogP contribution in [0.4, 0.5) is 0 Å². The van der Waals surface area contributed by atoms with Crippen LogP contribution < -0.4 is 14.8 Å². The highest BCUT2D eigenvalue weighted by molar-refractivity contribution is 14.1. The van der Waals surface area contributed by atoms with Gasteiger partial charge in [-0.1, -0.05) is 34.7 Å². The van der Waals surface area contributed by atoms with Crippen LogP contribution in [0.1, 0.15) is 38.3 Å². The van der Waals surface area contributed by atoms with Crippen molar-refractivity contribution in [3.8, 4) is 16.9 Å². The van der Waals surface area contributed by atoms with E-state index in [1.165, 1.54) is 0 Å². The molecule has 2 heterocycles. The van der Waals surface area contributed by atoms with Gasteiger partial charge in [0.25, 0.3) is 0 Å². The lowest BCUT2D eigenvalue weighted by Crippen LogP contribution is -2.44. The lowest BCUT2D eigenvalue weighted by molar-refractivity contribution is -0.908. The predicted molar refractivity (Wildman–Crippen MR) is 141 cm³/mol. The molecule has 2 N–H and O–H groups in total. The van der Waals surface area contributed by atoms with Crippen molar-refractivity contribution in [2.75, 3.05) is 31.2 Å². The van der Waals surface area contributed by atoms with Crippen molar-refractivity contribution in [3.63, 3.8) is 0 Å². The summed E-state index contributed by atoms with van der Waals surface area (Å²) >= 11 is 2.39. The minimum atomic E-state index is 0.0842. The van der Waals surface area contributed by atoms with Gasteiger partial charge in [-0.2, -0.15) is 0 Å². The number of nitrogens with one attached hydrogen (secondary N) is 1. The van der Waals surface area contributed by atoms with E-state index in [0.29, 0.717) is 31.7 Å². The van der Waals surface area contributed by atoms with Gasteiger partial charge in [0, 0.05) is 47.7 Å².